The molecule has 0 spiro atoms. The molecular formula is C15H17NO3. The molecule has 0 aliphatic heterocycles. The highest BCUT2D eigenvalue weighted by Gasteiger charge is 2.09. The molecule has 0 aliphatic carbocycles. The van der Waals surface area contributed by atoms with Crippen LogP contribution in [0.1, 0.15) is 23.7 Å². The average Bonchev–Trinajstić information content (AvgIpc) is 2.39. The molecule has 0 saturated carbocycles. The highest BCUT2D eigenvalue weighted by Crippen LogP contribution is 2.12. The van der Waals surface area contributed by atoms with Crippen LogP contribution in [-0.4, -0.2) is 23.4 Å². The summed E-state index contributed by atoms with van der Waals surface area (Å²) in [5.41, 5.74) is 1.37. The SMILES string of the molecule is C/C=C/C=C/[C@@H](CC(=O)O)Nc1ccc(C=O)cc1. The van der Waals surface area contributed by atoms with Crippen molar-refractivity contribution in [2.24, 2.45) is 0 Å². The zero-order valence-corrected chi connectivity index (χ0v) is 10.7. The number of carboxylic acids is 1. The van der Waals surface area contributed by atoms with Crippen molar-refractivity contribution in [3.8, 4) is 0 Å². The summed E-state index contributed by atoms with van der Waals surface area (Å²) in [7, 11) is 0. The number of carboxylic acid groups (broad SMARTS) is 1. The summed E-state index contributed by atoms with van der Waals surface area (Å²) in [5.74, 6) is -0.868. The number of carbonyl (C=O) groups excluding carboxylic acids is 1. The van der Waals surface area contributed by atoms with Gasteiger partial charge >= 0.3 is 5.97 Å². The van der Waals surface area contributed by atoms with Crippen molar-refractivity contribution in [1.82, 2.24) is 0 Å². The predicted molar refractivity (Wildman–Crippen MR) is 75.4 cm³/mol. The summed E-state index contributed by atoms with van der Waals surface area (Å²) < 4.78 is 0. The van der Waals surface area contributed by atoms with Crippen molar-refractivity contribution in [3.63, 3.8) is 0 Å². The number of aldehydes is 1. The molecule has 0 bridgehead atoms. The fourth-order valence-corrected chi connectivity index (χ4v) is 1.54. The molecule has 4 heteroatoms. The third kappa shape index (κ3) is 5.68. The fraction of sp³-hybridized carbons (Fsp3) is 0.200. The van der Waals surface area contributed by atoms with E-state index < -0.39 is 5.97 Å². The largest absolute Gasteiger partial charge is 0.481 e. The van der Waals surface area contributed by atoms with Crippen LogP contribution in [0, 0.1) is 0 Å². The zero-order valence-electron chi connectivity index (χ0n) is 10.7. The lowest BCUT2D eigenvalue weighted by molar-refractivity contribution is -0.137. The first-order valence-electron chi connectivity index (χ1n) is 5.98. The molecule has 0 aromatic heterocycles. The van der Waals surface area contributed by atoms with Crippen molar-refractivity contribution >= 4 is 17.9 Å². The summed E-state index contributed by atoms with van der Waals surface area (Å²) in [6.45, 7) is 1.89. The molecule has 1 aromatic rings. The topological polar surface area (TPSA) is 66.4 Å². The highest BCUT2D eigenvalue weighted by molar-refractivity contribution is 5.75. The van der Waals surface area contributed by atoms with E-state index in [0.717, 1.165) is 12.0 Å². The van der Waals surface area contributed by atoms with E-state index in [4.69, 9.17) is 5.11 Å². The number of aliphatic carboxylic acids is 1. The normalized spacial score (nSPS) is 12.7. The fourth-order valence-electron chi connectivity index (χ4n) is 1.54. The first-order valence-corrected chi connectivity index (χ1v) is 5.98. The second-order valence-corrected chi connectivity index (χ2v) is 4.00. The van der Waals surface area contributed by atoms with Gasteiger partial charge in [-0.3, -0.25) is 9.59 Å². The molecule has 0 amide bonds. The number of allylic oxidation sites excluding steroid dienone is 3. The van der Waals surface area contributed by atoms with Gasteiger partial charge in [0, 0.05) is 11.3 Å². The molecule has 4 nitrogen and oxygen atoms in total. The number of carbonyl (C=O) groups is 2. The Labute approximate surface area is 112 Å². The van der Waals surface area contributed by atoms with Gasteiger partial charge in [-0.05, 0) is 31.2 Å². The van der Waals surface area contributed by atoms with Crippen LogP contribution >= 0.6 is 0 Å². The van der Waals surface area contributed by atoms with E-state index in [-0.39, 0.29) is 12.5 Å². The van der Waals surface area contributed by atoms with E-state index in [9.17, 15) is 9.59 Å². The lowest BCUT2D eigenvalue weighted by Crippen LogP contribution is -2.20. The minimum absolute atomic E-state index is 0.0104. The maximum atomic E-state index is 10.8. The summed E-state index contributed by atoms with van der Waals surface area (Å²) in [6, 6.07) is 6.58. The van der Waals surface area contributed by atoms with Gasteiger partial charge in [0.1, 0.15) is 6.29 Å². The second-order valence-electron chi connectivity index (χ2n) is 4.00. The van der Waals surface area contributed by atoms with Gasteiger partial charge < -0.3 is 10.4 Å². The Balaban J connectivity index is 2.74. The molecule has 1 rings (SSSR count). The molecule has 0 aliphatic rings. The van der Waals surface area contributed by atoms with Crippen LogP contribution in [0.15, 0.2) is 48.6 Å². The molecule has 0 unspecified atom stereocenters. The third-order valence-corrected chi connectivity index (χ3v) is 2.44. The lowest BCUT2D eigenvalue weighted by Gasteiger charge is -2.14. The van der Waals surface area contributed by atoms with Crippen LogP contribution in [-0.2, 0) is 4.79 Å². The Morgan fingerprint density at radius 2 is 2.00 bits per heavy atom. The summed E-state index contributed by atoms with van der Waals surface area (Å²) in [6.07, 6.45) is 8.06. The smallest absolute Gasteiger partial charge is 0.305 e. The molecule has 0 fully saturated rings. The van der Waals surface area contributed by atoms with Gasteiger partial charge in [0.25, 0.3) is 0 Å². The number of anilines is 1. The molecule has 2 N–H and O–H groups in total. The first-order chi connectivity index (χ1) is 9.15. The summed E-state index contributed by atoms with van der Waals surface area (Å²) in [4.78, 5) is 21.3. The maximum absolute atomic E-state index is 10.8. The Hall–Kier alpha value is -2.36. The average molecular weight is 259 g/mol. The Kier molecular flexibility index (Phi) is 6.09. The quantitative estimate of drug-likeness (QED) is 0.583. The van der Waals surface area contributed by atoms with Gasteiger partial charge in [-0.2, -0.15) is 0 Å². The van der Waals surface area contributed by atoms with E-state index in [1.54, 1.807) is 36.4 Å². The van der Waals surface area contributed by atoms with Gasteiger partial charge in [0.05, 0.1) is 12.5 Å². The van der Waals surface area contributed by atoms with E-state index >= 15 is 0 Å². The summed E-state index contributed by atoms with van der Waals surface area (Å²) >= 11 is 0. The lowest BCUT2D eigenvalue weighted by atomic mass is 10.1. The first kappa shape index (κ1) is 14.7. The minimum Gasteiger partial charge on any atom is -0.481 e. The predicted octanol–water partition coefficient (Wildman–Crippen LogP) is 2.89. The number of benzene rings is 1. The van der Waals surface area contributed by atoms with Crippen LogP contribution in [0.3, 0.4) is 0 Å². The Bertz CT molecular complexity index is 475. The van der Waals surface area contributed by atoms with Crippen LogP contribution in [0.5, 0.6) is 0 Å². The molecule has 1 atom stereocenters. The summed E-state index contributed by atoms with van der Waals surface area (Å²) in [5, 5.41) is 12.0. The second kappa shape index (κ2) is 7.87. The molecule has 100 valence electrons. The third-order valence-electron chi connectivity index (χ3n) is 2.44. The van der Waals surface area contributed by atoms with E-state index in [0.29, 0.717) is 5.56 Å². The van der Waals surface area contributed by atoms with Gasteiger partial charge in [-0.15, -0.1) is 0 Å². The highest BCUT2D eigenvalue weighted by atomic mass is 16.4. The van der Waals surface area contributed by atoms with Crippen molar-refractivity contribution < 1.29 is 14.7 Å². The molecule has 1 aromatic carbocycles. The molecule has 0 radical (unpaired) electrons. The van der Waals surface area contributed by atoms with Crippen LogP contribution < -0.4 is 5.32 Å². The molecular weight excluding hydrogens is 242 g/mol. The van der Waals surface area contributed by atoms with Gasteiger partial charge in [0.15, 0.2) is 0 Å². The van der Waals surface area contributed by atoms with E-state index in [2.05, 4.69) is 5.32 Å². The van der Waals surface area contributed by atoms with Crippen molar-refractivity contribution in [1.29, 1.82) is 0 Å². The van der Waals surface area contributed by atoms with E-state index in [1.165, 1.54) is 0 Å². The van der Waals surface area contributed by atoms with Gasteiger partial charge in [0.2, 0.25) is 0 Å². The van der Waals surface area contributed by atoms with Crippen LogP contribution in [0.4, 0.5) is 5.69 Å². The molecule has 19 heavy (non-hydrogen) atoms. The monoisotopic (exact) mass is 259 g/mol. The number of hydrogen-bond acceptors (Lipinski definition) is 3. The van der Waals surface area contributed by atoms with Crippen LogP contribution in [0.25, 0.3) is 0 Å². The van der Waals surface area contributed by atoms with Crippen molar-refractivity contribution in [3.05, 3.63) is 54.1 Å². The zero-order chi connectivity index (χ0) is 14.1. The van der Waals surface area contributed by atoms with Crippen molar-refractivity contribution in [2.75, 3.05) is 5.32 Å². The maximum Gasteiger partial charge on any atom is 0.305 e. The van der Waals surface area contributed by atoms with Gasteiger partial charge in [-0.1, -0.05) is 24.3 Å². The van der Waals surface area contributed by atoms with Crippen LogP contribution in [0.2, 0.25) is 0 Å². The van der Waals surface area contributed by atoms with E-state index in [1.807, 2.05) is 19.1 Å². The number of rotatable bonds is 7. The molecule has 0 heterocycles. The standard InChI is InChI=1S/C15H17NO3/c1-2-3-4-5-14(10-15(18)19)16-13-8-6-12(11-17)7-9-13/h2-9,11,14,16H,10H2,1H3,(H,18,19)/b3-2+,5-4+/t14-/m0/s1. The Morgan fingerprint density at radius 3 is 2.53 bits per heavy atom. The minimum atomic E-state index is -0.868. The van der Waals surface area contributed by atoms with Gasteiger partial charge in [-0.25, -0.2) is 0 Å². The number of nitrogens with one attached hydrogen (secondary N) is 1. The number of hydrogen-bond donors (Lipinski definition) is 2. The molecule has 0 saturated heterocycles. The van der Waals surface area contributed by atoms with Crippen molar-refractivity contribution in [2.45, 2.75) is 19.4 Å². The Morgan fingerprint density at radius 1 is 1.32 bits per heavy atom.